The third-order valence-corrected chi connectivity index (χ3v) is 3.02. The highest BCUT2D eigenvalue weighted by Crippen LogP contribution is 2.16. The van der Waals surface area contributed by atoms with Gasteiger partial charge >= 0.3 is 0 Å². The van der Waals surface area contributed by atoms with Crippen LogP contribution in [-0.4, -0.2) is 24.4 Å². The van der Waals surface area contributed by atoms with Crippen molar-refractivity contribution in [2.24, 2.45) is 5.41 Å². The van der Waals surface area contributed by atoms with Crippen LogP contribution in [0.2, 0.25) is 0 Å². The number of carbonyl (C=O) groups excluding carboxylic acids is 1. The number of nitriles is 1. The van der Waals surface area contributed by atoms with E-state index in [4.69, 9.17) is 5.26 Å². The zero-order valence-electron chi connectivity index (χ0n) is 11.5. The first-order valence-corrected chi connectivity index (χ1v) is 6.09. The third-order valence-electron chi connectivity index (χ3n) is 3.02. The van der Waals surface area contributed by atoms with Gasteiger partial charge in [0.05, 0.1) is 6.07 Å². The summed E-state index contributed by atoms with van der Waals surface area (Å²) in [6, 6.07) is 10.3. The van der Waals surface area contributed by atoms with Crippen molar-refractivity contribution in [3.05, 3.63) is 35.4 Å². The molecule has 0 aliphatic carbocycles. The Bertz CT molecular complexity index is 454. The Labute approximate surface area is 109 Å². The molecular formula is C15H20N2O. The Morgan fingerprint density at radius 3 is 2.39 bits per heavy atom. The fraction of sp³-hybridized carbons (Fsp3) is 0.467. The number of aryl methyl sites for hydroxylation is 1. The average Bonchev–Trinajstić information content (AvgIpc) is 2.36. The molecule has 0 radical (unpaired) electrons. The molecule has 0 atom stereocenters. The van der Waals surface area contributed by atoms with Gasteiger partial charge in [0.2, 0.25) is 5.91 Å². The van der Waals surface area contributed by atoms with Crippen molar-refractivity contribution < 1.29 is 4.79 Å². The maximum Gasteiger partial charge on any atom is 0.242 e. The van der Waals surface area contributed by atoms with Crippen LogP contribution in [0.15, 0.2) is 24.3 Å². The van der Waals surface area contributed by atoms with E-state index in [0.717, 1.165) is 6.42 Å². The van der Waals surface area contributed by atoms with E-state index in [1.54, 1.807) is 25.8 Å². The van der Waals surface area contributed by atoms with Crippen LogP contribution in [-0.2, 0) is 11.2 Å². The molecule has 1 rings (SSSR count). The monoisotopic (exact) mass is 244 g/mol. The van der Waals surface area contributed by atoms with E-state index >= 15 is 0 Å². The summed E-state index contributed by atoms with van der Waals surface area (Å²) >= 11 is 0. The number of hydrogen-bond acceptors (Lipinski definition) is 2. The largest absolute Gasteiger partial charge is 0.344 e. The molecule has 1 aromatic rings. The highest BCUT2D eigenvalue weighted by atomic mass is 16.2. The van der Waals surface area contributed by atoms with Gasteiger partial charge in [-0.25, -0.2) is 0 Å². The fourth-order valence-electron chi connectivity index (χ4n) is 1.68. The van der Waals surface area contributed by atoms with E-state index in [0.29, 0.717) is 6.54 Å². The second-order valence-electron chi connectivity index (χ2n) is 5.20. The topological polar surface area (TPSA) is 44.1 Å². The van der Waals surface area contributed by atoms with Gasteiger partial charge in [-0.2, -0.15) is 5.26 Å². The standard InChI is InChI=1S/C15H20N2O/c1-12-5-7-13(8-6-12)9-10-17(4)14(18)15(2,3)11-16/h5-8H,9-10H2,1-4H3. The van der Waals surface area contributed by atoms with Gasteiger partial charge in [-0.1, -0.05) is 29.8 Å². The van der Waals surface area contributed by atoms with Gasteiger partial charge in [-0.05, 0) is 32.8 Å². The number of rotatable bonds is 4. The van der Waals surface area contributed by atoms with E-state index in [1.807, 2.05) is 6.07 Å². The molecule has 0 spiro atoms. The van der Waals surface area contributed by atoms with Crippen LogP contribution < -0.4 is 0 Å². The summed E-state index contributed by atoms with van der Waals surface area (Å²) in [5.41, 5.74) is 1.49. The third kappa shape index (κ3) is 3.59. The molecule has 96 valence electrons. The molecule has 0 aliphatic heterocycles. The lowest BCUT2D eigenvalue weighted by Gasteiger charge is -2.24. The maximum absolute atomic E-state index is 12.0. The number of carbonyl (C=O) groups is 1. The van der Waals surface area contributed by atoms with Crippen LogP contribution >= 0.6 is 0 Å². The van der Waals surface area contributed by atoms with E-state index in [2.05, 4.69) is 31.2 Å². The highest BCUT2D eigenvalue weighted by Gasteiger charge is 2.29. The van der Waals surface area contributed by atoms with Gasteiger partial charge in [-0.3, -0.25) is 4.79 Å². The first-order chi connectivity index (χ1) is 8.36. The lowest BCUT2D eigenvalue weighted by Crippen LogP contribution is -2.38. The van der Waals surface area contributed by atoms with Gasteiger partial charge in [0.25, 0.3) is 0 Å². The van der Waals surface area contributed by atoms with Crippen LogP contribution in [0, 0.1) is 23.7 Å². The molecule has 0 unspecified atom stereocenters. The predicted molar refractivity (Wildman–Crippen MR) is 71.9 cm³/mol. The lowest BCUT2D eigenvalue weighted by atomic mass is 9.94. The zero-order valence-corrected chi connectivity index (χ0v) is 11.5. The minimum absolute atomic E-state index is 0.128. The summed E-state index contributed by atoms with van der Waals surface area (Å²) in [4.78, 5) is 13.6. The Kier molecular flexibility index (Phi) is 4.49. The van der Waals surface area contributed by atoms with Gasteiger partial charge in [0.15, 0.2) is 0 Å². The lowest BCUT2D eigenvalue weighted by molar-refractivity contribution is -0.136. The molecule has 3 nitrogen and oxygen atoms in total. The number of nitrogens with zero attached hydrogens (tertiary/aromatic N) is 2. The van der Waals surface area contributed by atoms with Crippen molar-refractivity contribution >= 4 is 5.91 Å². The normalized spacial score (nSPS) is 10.8. The molecule has 0 fully saturated rings. The summed E-state index contributed by atoms with van der Waals surface area (Å²) in [7, 11) is 1.75. The number of benzene rings is 1. The second kappa shape index (κ2) is 5.68. The van der Waals surface area contributed by atoms with Crippen molar-refractivity contribution in [1.82, 2.24) is 4.90 Å². The summed E-state index contributed by atoms with van der Waals surface area (Å²) in [5.74, 6) is -0.128. The quantitative estimate of drug-likeness (QED) is 0.817. The van der Waals surface area contributed by atoms with Crippen molar-refractivity contribution in [3.8, 4) is 6.07 Å². The van der Waals surface area contributed by atoms with Crippen LogP contribution in [0.25, 0.3) is 0 Å². The minimum atomic E-state index is -0.942. The molecule has 0 N–H and O–H groups in total. The van der Waals surface area contributed by atoms with Crippen LogP contribution in [0.1, 0.15) is 25.0 Å². The SMILES string of the molecule is Cc1ccc(CCN(C)C(=O)C(C)(C)C#N)cc1. The van der Waals surface area contributed by atoms with Crippen molar-refractivity contribution in [2.75, 3.05) is 13.6 Å². The molecule has 0 bridgehead atoms. The first kappa shape index (κ1) is 14.2. The van der Waals surface area contributed by atoms with Crippen LogP contribution in [0.5, 0.6) is 0 Å². The van der Waals surface area contributed by atoms with E-state index in [1.165, 1.54) is 11.1 Å². The highest BCUT2D eigenvalue weighted by molar-refractivity contribution is 5.84. The maximum atomic E-state index is 12.0. The number of hydrogen-bond donors (Lipinski definition) is 0. The molecule has 0 aliphatic rings. The van der Waals surface area contributed by atoms with Crippen molar-refractivity contribution in [3.63, 3.8) is 0 Å². The Morgan fingerprint density at radius 2 is 1.89 bits per heavy atom. The molecule has 18 heavy (non-hydrogen) atoms. The Hall–Kier alpha value is -1.82. The van der Waals surface area contributed by atoms with Gasteiger partial charge in [-0.15, -0.1) is 0 Å². The van der Waals surface area contributed by atoms with E-state index in [9.17, 15) is 4.79 Å². The molecule has 0 heterocycles. The van der Waals surface area contributed by atoms with E-state index < -0.39 is 5.41 Å². The molecule has 1 aromatic carbocycles. The predicted octanol–water partition coefficient (Wildman–Crippen LogP) is 2.55. The first-order valence-electron chi connectivity index (χ1n) is 6.09. The van der Waals surface area contributed by atoms with Gasteiger partial charge in [0.1, 0.15) is 5.41 Å². The molecule has 0 saturated heterocycles. The van der Waals surface area contributed by atoms with Crippen molar-refractivity contribution in [2.45, 2.75) is 27.2 Å². The summed E-state index contributed by atoms with van der Waals surface area (Å²) in [5, 5.41) is 8.93. The van der Waals surface area contributed by atoms with Crippen LogP contribution in [0.4, 0.5) is 0 Å². The Balaban J connectivity index is 2.57. The molecule has 1 amide bonds. The fourth-order valence-corrected chi connectivity index (χ4v) is 1.68. The second-order valence-corrected chi connectivity index (χ2v) is 5.20. The Morgan fingerprint density at radius 1 is 1.33 bits per heavy atom. The molecule has 0 saturated carbocycles. The number of amides is 1. The van der Waals surface area contributed by atoms with Crippen LogP contribution in [0.3, 0.4) is 0 Å². The van der Waals surface area contributed by atoms with Gasteiger partial charge < -0.3 is 4.90 Å². The molecular weight excluding hydrogens is 224 g/mol. The molecule has 3 heteroatoms. The zero-order chi connectivity index (χ0) is 13.8. The smallest absolute Gasteiger partial charge is 0.242 e. The molecule has 0 aromatic heterocycles. The summed E-state index contributed by atoms with van der Waals surface area (Å²) in [6.07, 6.45) is 0.810. The summed E-state index contributed by atoms with van der Waals surface area (Å²) in [6.45, 7) is 5.98. The minimum Gasteiger partial charge on any atom is -0.344 e. The average molecular weight is 244 g/mol. The van der Waals surface area contributed by atoms with E-state index in [-0.39, 0.29) is 5.91 Å². The summed E-state index contributed by atoms with van der Waals surface area (Å²) < 4.78 is 0. The van der Waals surface area contributed by atoms with Gasteiger partial charge in [0, 0.05) is 13.6 Å². The number of likely N-dealkylation sites (N-methyl/N-ethyl adjacent to an activating group) is 1. The van der Waals surface area contributed by atoms with Crippen molar-refractivity contribution in [1.29, 1.82) is 5.26 Å².